The van der Waals surface area contributed by atoms with E-state index in [0.29, 0.717) is 36.1 Å². The summed E-state index contributed by atoms with van der Waals surface area (Å²) in [5.41, 5.74) is 13.0. The third-order valence-electron chi connectivity index (χ3n) is 7.81. The molecule has 1 saturated heterocycles. The fraction of sp³-hybridized carbons (Fsp3) is 0.368. The highest BCUT2D eigenvalue weighted by atomic mass is 32.2. The number of hydrogen-bond donors (Lipinski definition) is 3. The molecule has 0 spiro atoms. The number of para-hydroxylation sites is 1. The van der Waals surface area contributed by atoms with Crippen LogP contribution in [0.5, 0.6) is 5.75 Å². The van der Waals surface area contributed by atoms with E-state index in [9.17, 15) is 22.8 Å². The van der Waals surface area contributed by atoms with E-state index in [1.54, 1.807) is 35.4 Å². The number of amides is 2. The molecule has 0 saturated carbocycles. The Balaban J connectivity index is 1.33. The van der Waals surface area contributed by atoms with Gasteiger partial charge in [0.1, 0.15) is 23.5 Å². The Kier molecular flexibility index (Phi) is 14.6. The second-order valence-electron chi connectivity index (χ2n) is 13.5. The fourth-order valence-electron chi connectivity index (χ4n) is 5.21. The van der Waals surface area contributed by atoms with Crippen molar-refractivity contribution in [1.82, 2.24) is 15.6 Å². The topological polar surface area (TPSA) is 155 Å². The van der Waals surface area contributed by atoms with E-state index in [4.69, 9.17) is 15.5 Å². The lowest BCUT2D eigenvalue weighted by atomic mass is 9.98. The van der Waals surface area contributed by atoms with Crippen molar-refractivity contribution in [2.75, 3.05) is 25.4 Å². The van der Waals surface area contributed by atoms with Gasteiger partial charge in [-0.25, -0.2) is 19.8 Å². The number of ether oxygens (including phenoxy) is 2. The van der Waals surface area contributed by atoms with Gasteiger partial charge in [-0.1, -0.05) is 54.2 Å². The molecule has 16 heteroatoms. The first-order valence-electron chi connectivity index (χ1n) is 17.2. The number of nitrogens with one attached hydrogen (secondary N) is 2. The Morgan fingerprint density at radius 1 is 1.02 bits per heavy atom. The molecule has 0 aliphatic carbocycles. The molecule has 0 radical (unpaired) electrons. The Bertz CT molecular complexity index is 1840. The third-order valence-corrected chi connectivity index (χ3v) is 8.67. The number of hydrogen-bond acceptors (Lipinski definition) is 8. The summed E-state index contributed by atoms with van der Waals surface area (Å²) in [6.07, 6.45) is -0.551. The normalized spacial score (nSPS) is 15.8. The van der Waals surface area contributed by atoms with Gasteiger partial charge in [0.05, 0.1) is 23.3 Å². The van der Waals surface area contributed by atoms with Crippen LogP contribution in [0.25, 0.3) is 0 Å². The fourth-order valence-corrected chi connectivity index (χ4v) is 5.85. The first-order valence-corrected chi connectivity index (χ1v) is 18.2. The average Bonchev–Trinajstić information content (AvgIpc) is 3.10. The number of aliphatic imine (C=N–C) groups is 3. The highest BCUT2D eigenvalue weighted by Gasteiger charge is 2.31. The Labute approximate surface area is 317 Å². The number of hydrazone groups is 1. The number of halogens is 3. The van der Waals surface area contributed by atoms with E-state index >= 15 is 0 Å². The van der Waals surface area contributed by atoms with E-state index in [2.05, 4.69) is 30.6 Å². The number of rotatable bonds is 11. The lowest BCUT2D eigenvalue weighted by Crippen LogP contribution is -2.45. The molecule has 0 unspecified atom stereocenters. The number of likely N-dealkylation sites (tertiary alicyclic amines) is 1. The van der Waals surface area contributed by atoms with Crippen molar-refractivity contribution >= 4 is 58.7 Å². The molecule has 3 aromatic rings. The SMILES string of the molecule is Cc1cccc(C)c1N=C(N/N=C/c1ccc(C(N)=NC=Nc2ccc(OC(F)(F)F)cc2)cc1)SCC(=O)NC[C@@H]1CCCN(C(=O)OC(C)(C)C)C1. The molecule has 4 N–H and O–H groups in total. The van der Waals surface area contributed by atoms with Crippen LogP contribution in [0.15, 0.2) is 86.8 Å². The highest BCUT2D eigenvalue weighted by molar-refractivity contribution is 8.14. The Hall–Kier alpha value is -5.38. The van der Waals surface area contributed by atoms with Crippen molar-refractivity contribution in [3.63, 3.8) is 0 Å². The number of amidine groups is 2. The molecule has 1 aliphatic rings. The molecule has 54 heavy (non-hydrogen) atoms. The maximum absolute atomic E-state index is 12.9. The standard InChI is InChI=1S/C38H45F3N8O4S/c1-25-8-6-9-26(2)33(25)47-35(54-23-32(50)43-20-28-10-7-19-49(22-28)36(51)53-37(3,4)5)48-46-21-27-11-13-29(14-12-27)34(42)45-24-44-30-15-17-31(18-16-30)52-38(39,40)41/h6,8-9,11-18,21,24,28H,7,10,19-20,22-23H2,1-5H3,(H,43,50)(H,47,48)(H2,42,44,45)/b46-21+/t28-/m0/s1. The van der Waals surface area contributed by atoms with Gasteiger partial charge in [-0.2, -0.15) is 5.10 Å². The number of carbonyl (C=O) groups excluding carboxylic acids is 2. The predicted molar refractivity (Wildman–Crippen MR) is 208 cm³/mol. The molecule has 2 amide bonds. The number of nitrogens with zero attached hydrogens (tertiary/aromatic N) is 5. The molecule has 1 atom stereocenters. The number of nitrogens with two attached hydrogens (primary N) is 1. The molecular weight excluding hydrogens is 722 g/mol. The summed E-state index contributed by atoms with van der Waals surface area (Å²) in [6.45, 7) is 11.1. The molecule has 1 heterocycles. The summed E-state index contributed by atoms with van der Waals surface area (Å²) < 4.78 is 46.5. The zero-order chi connectivity index (χ0) is 39.3. The van der Waals surface area contributed by atoms with Gasteiger partial charge in [0, 0.05) is 25.2 Å². The van der Waals surface area contributed by atoms with Crippen LogP contribution in [0.3, 0.4) is 0 Å². The maximum atomic E-state index is 12.9. The number of aryl methyl sites for hydroxylation is 2. The zero-order valence-corrected chi connectivity index (χ0v) is 31.6. The molecule has 12 nitrogen and oxygen atoms in total. The molecule has 4 rings (SSSR count). The van der Waals surface area contributed by atoms with E-state index in [-0.39, 0.29) is 35.3 Å². The van der Waals surface area contributed by atoms with Gasteiger partial charge >= 0.3 is 12.5 Å². The zero-order valence-electron chi connectivity index (χ0n) is 30.8. The average molecular weight is 767 g/mol. The summed E-state index contributed by atoms with van der Waals surface area (Å²) in [5, 5.41) is 7.80. The summed E-state index contributed by atoms with van der Waals surface area (Å²) in [6, 6.07) is 18.0. The van der Waals surface area contributed by atoms with Gasteiger partial charge in [0.2, 0.25) is 5.91 Å². The Morgan fingerprint density at radius 3 is 2.35 bits per heavy atom. The van der Waals surface area contributed by atoms with Crippen LogP contribution in [0, 0.1) is 19.8 Å². The summed E-state index contributed by atoms with van der Waals surface area (Å²) >= 11 is 1.22. The second-order valence-corrected chi connectivity index (χ2v) is 14.4. The van der Waals surface area contributed by atoms with Crippen molar-refractivity contribution in [3.8, 4) is 5.75 Å². The predicted octanol–water partition coefficient (Wildman–Crippen LogP) is 7.38. The van der Waals surface area contributed by atoms with Crippen LogP contribution in [0.4, 0.5) is 29.3 Å². The minimum absolute atomic E-state index is 0.100. The second kappa shape index (κ2) is 19.1. The smallest absolute Gasteiger partial charge is 0.444 e. The molecule has 3 aromatic carbocycles. The monoisotopic (exact) mass is 766 g/mol. The van der Waals surface area contributed by atoms with Crippen molar-refractivity contribution in [3.05, 3.63) is 89.0 Å². The van der Waals surface area contributed by atoms with Crippen molar-refractivity contribution < 1.29 is 32.2 Å². The van der Waals surface area contributed by atoms with E-state index in [0.717, 1.165) is 47.4 Å². The molecule has 1 fully saturated rings. The minimum atomic E-state index is -4.77. The third kappa shape index (κ3) is 14.2. The molecule has 1 aliphatic heterocycles. The van der Waals surface area contributed by atoms with Gasteiger partial charge in [0.25, 0.3) is 0 Å². The van der Waals surface area contributed by atoms with E-state index in [1.807, 2.05) is 52.8 Å². The largest absolute Gasteiger partial charge is 0.573 e. The molecular formula is C38H45F3N8O4S. The Morgan fingerprint density at radius 2 is 1.70 bits per heavy atom. The van der Waals surface area contributed by atoms with Crippen LogP contribution in [-0.2, 0) is 9.53 Å². The summed E-state index contributed by atoms with van der Waals surface area (Å²) in [5.74, 6) is -0.107. The van der Waals surface area contributed by atoms with Gasteiger partial charge < -0.3 is 25.4 Å². The molecule has 0 bridgehead atoms. The molecule has 288 valence electrons. The van der Waals surface area contributed by atoms with E-state index < -0.39 is 12.0 Å². The summed E-state index contributed by atoms with van der Waals surface area (Å²) in [4.78, 5) is 40.2. The van der Waals surface area contributed by atoms with Gasteiger partial charge in [-0.05, 0) is 94.3 Å². The van der Waals surface area contributed by atoms with Crippen LogP contribution in [0.2, 0.25) is 0 Å². The quantitative estimate of drug-likeness (QED) is 0.105. The van der Waals surface area contributed by atoms with Gasteiger partial charge in [-0.3, -0.25) is 10.2 Å². The van der Waals surface area contributed by atoms with Crippen LogP contribution in [-0.4, -0.2) is 77.8 Å². The minimum Gasteiger partial charge on any atom is -0.444 e. The lowest BCUT2D eigenvalue weighted by molar-refractivity contribution is -0.274. The highest BCUT2D eigenvalue weighted by Crippen LogP contribution is 2.26. The number of carbonyl (C=O) groups is 2. The number of thioether (sulfide) groups is 1. The molecule has 0 aromatic heterocycles. The lowest BCUT2D eigenvalue weighted by Gasteiger charge is -2.34. The van der Waals surface area contributed by atoms with Gasteiger partial charge in [-0.15, -0.1) is 13.2 Å². The first-order chi connectivity index (χ1) is 25.5. The van der Waals surface area contributed by atoms with Crippen molar-refractivity contribution in [2.24, 2.45) is 31.7 Å². The van der Waals surface area contributed by atoms with E-state index in [1.165, 1.54) is 30.2 Å². The van der Waals surface area contributed by atoms with Crippen LogP contribution in [0.1, 0.15) is 55.9 Å². The number of piperidine rings is 1. The number of benzene rings is 3. The van der Waals surface area contributed by atoms with Crippen molar-refractivity contribution in [2.45, 2.75) is 59.4 Å². The van der Waals surface area contributed by atoms with Crippen LogP contribution < -0.4 is 21.2 Å². The number of alkyl halides is 3. The first kappa shape index (κ1) is 41.4. The van der Waals surface area contributed by atoms with Gasteiger partial charge in [0.15, 0.2) is 5.17 Å². The van der Waals surface area contributed by atoms with Crippen LogP contribution >= 0.6 is 11.8 Å². The van der Waals surface area contributed by atoms with Crippen molar-refractivity contribution in [1.29, 1.82) is 0 Å². The summed E-state index contributed by atoms with van der Waals surface area (Å²) in [7, 11) is 0. The maximum Gasteiger partial charge on any atom is 0.573 e.